The second-order valence-corrected chi connectivity index (χ2v) is 5.56. The summed E-state index contributed by atoms with van der Waals surface area (Å²) in [5.41, 5.74) is 0. The second kappa shape index (κ2) is 9.96. The van der Waals surface area contributed by atoms with Crippen LogP contribution in [0.1, 0.15) is 32.1 Å². The third kappa shape index (κ3) is 8.21. The summed E-state index contributed by atoms with van der Waals surface area (Å²) in [4.78, 5) is 0. The molecule has 3 heteroatoms. The molecular formula is C10H22O2Si. The summed E-state index contributed by atoms with van der Waals surface area (Å²) in [6.45, 7) is 3.70. The lowest BCUT2D eigenvalue weighted by Crippen LogP contribution is -2.18. The van der Waals surface area contributed by atoms with Gasteiger partial charge in [0, 0.05) is 14.2 Å². The second-order valence-electron chi connectivity index (χ2n) is 3.18. The van der Waals surface area contributed by atoms with Crippen molar-refractivity contribution < 1.29 is 8.85 Å². The van der Waals surface area contributed by atoms with Crippen molar-refractivity contribution in [2.45, 2.75) is 38.1 Å². The number of unbranched alkanes of at least 4 members (excludes halogenated alkanes) is 4. The van der Waals surface area contributed by atoms with Crippen molar-refractivity contribution in [3.63, 3.8) is 0 Å². The van der Waals surface area contributed by atoms with Gasteiger partial charge in [0.15, 0.2) is 0 Å². The lowest BCUT2D eigenvalue weighted by Gasteiger charge is -2.09. The third-order valence-electron chi connectivity index (χ3n) is 2.12. The van der Waals surface area contributed by atoms with Gasteiger partial charge in [-0.05, 0) is 18.9 Å². The van der Waals surface area contributed by atoms with Gasteiger partial charge >= 0.3 is 9.28 Å². The Balaban J connectivity index is 3.09. The van der Waals surface area contributed by atoms with Crippen LogP contribution >= 0.6 is 0 Å². The average Bonchev–Trinajstić information content (AvgIpc) is 2.17. The minimum Gasteiger partial charge on any atom is -0.400 e. The molecule has 0 radical (unpaired) electrons. The van der Waals surface area contributed by atoms with Gasteiger partial charge in [0.1, 0.15) is 0 Å². The van der Waals surface area contributed by atoms with E-state index in [1.807, 2.05) is 6.08 Å². The molecule has 0 bridgehead atoms. The smallest absolute Gasteiger partial charge is 0.320 e. The fourth-order valence-corrected chi connectivity index (χ4v) is 2.57. The highest BCUT2D eigenvalue weighted by molar-refractivity contribution is 6.44. The van der Waals surface area contributed by atoms with Crippen molar-refractivity contribution in [3.05, 3.63) is 12.7 Å². The Morgan fingerprint density at radius 2 is 1.69 bits per heavy atom. The van der Waals surface area contributed by atoms with E-state index < -0.39 is 9.28 Å². The van der Waals surface area contributed by atoms with Gasteiger partial charge in [-0.1, -0.05) is 25.3 Å². The van der Waals surface area contributed by atoms with Gasteiger partial charge in [-0.15, -0.1) is 6.58 Å². The van der Waals surface area contributed by atoms with E-state index in [2.05, 4.69) is 6.58 Å². The van der Waals surface area contributed by atoms with Crippen LogP contribution in [-0.2, 0) is 8.85 Å². The molecule has 13 heavy (non-hydrogen) atoms. The van der Waals surface area contributed by atoms with Crippen LogP contribution < -0.4 is 0 Å². The molecule has 0 aliphatic carbocycles. The highest BCUT2D eigenvalue weighted by Gasteiger charge is 2.07. The monoisotopic (exact) mass is 202 g/mol. The predicted molar refractivity (Wildman–Crippen MR) is 59.3 cm³/mol. The summed E-state index contributed by atoms with van der Waals surface area (Å²) in [7, 11) is 2.23. The molecule has 0 fully saturated rings. The molecule has 0 heterocycles. The minimum absolute atomic E-state index is 1.14. The van der Waals surface area contributed by atoms with Gasteiger partial charge in [-0.3, -0.25) is 0 Å². The Kier molecular flexibility index (Phi) is 9.87. The zero-order valence-electron chi connectivity index (χ0n) is 8.92. The Bertz CT molecular complexity index is 113. The van der Waals surface area contributed by atoms with E-state index in [9.17, 15) is 0 Å². The van der Waals surface area contributed by atoms with Crippen molar-refractivity contribution in [1.29, 1.82) is 0 Å². The molecule has 0 saturated heterocycles. The first-order valence-corrected chi connectivity index (χ1v) is 6.77. The largest absolute Gasteiger partial charge is 0.400 e. The lowest BCUT2D eigenvalue weighted by atomic mass is 10.1. The third-order valence-corrected chi connectivity index (χ3v) is 4.06. The van der Waals surface area contributed by atoms with Gasteiger partial charge in [-0.25, -0.2) is 0 Å². The quantitative estimate of drug-likeness (QED) is 0.325. The highest BCUT2D eigenvalue weighted by Crippen LogP contribution is 2.08. The molecule has 0 aromatic rings. The maximum Gasteiger partial charge on any atom is 0.320 e. The van der Waals surface area contributed by atoms with E-state index in [0.29, 0.717) is 0 Å². The summed E-state index contributed by atoms with van der Waals surface area (Å²) < 4.78 is 10.5. The average molecular weight is 202 g/mol. The SMILES string of the molecule is C=CCCCCCC[SiH](OC)OC. The molecule has 0 amide bonds. The van der Waals surface area contributed by atoms with Gasteiger partial charge < -0.3 is 8.85 Å². The van der Waals surface area contributed by atoms with Crippen molar-refractivity contribution >= 4 is 9.28 Å². The molecule has 2 nitrogen and oxygen atoms in total. The highest BCUT2D eigenvalue weighted by atomic mass is 28.3. The summed E-state index contributed by atoms with van der Waals surface area (Å²) in [6.07, 6.45) is 8.26. The zero-order valence-corrected chi connectivity index (χ0v) is 10.1. The first-order chi connectivity index (χ1) is 6.35. The van der Waals surface area contributed by atoms with Gasteiger partial charge in [0.05, 0.1) is 0 Å². The minimum atomic E-state index is -1.27. The summed E-state index contributed by atoms with van der Waals surface area (Å²) in [5, 5.41) is 0. The molecule has 0 rings (SSSR count). The number of rotatable bonds is 9. The van der Waals surface area contributed by atoms with Gasteiger partial charge in [0.25, 0.3) is 0 Å². The van der Waals surface area contributed by atoms with Crippen molar-refractivity contribution in [1.82, 2.24) is 0 Å². The molecule has 0 aromatic carbocycles. The van der Waals surface area contributed by atoms with Crippen LogP contribution in [0.5, 0.6) is 0 Å². The van der Waals surface area contributed by atoms with Gasteiger partial charge in [0.2, 0.25) is 0 Å². The van der Waals surface area contributed by atoms with E-state index in [4.69, 9.17) is 8.85 Å². The molecule has 0 atom stereocenters. The summed E-state index contributed by atoms with van der Waals surface area (Å²) in [6, 6.07) is 1.14. The standard InChI is InChI=1S/C10H22O2Si/c1-4-5-6-7-8-9-10-13(11-2)12-3/h4,13H,1,5-10H2,2-3H3. The molecule has 0 unspecified atom stereocenters. The van der Waals surface area contributed by atoms with E-state index in [0.717, 1.165) is 12.5 Å². The molecule has 0 saturated carbocycles. The summed E-state index contributed by atoms with van der Waals surface area (Å²) >= 11 is 0. The van der Waals surface area contributed by atoms with Crippen molar-refractivity contribution in [2.24, 2.45) is 0 Å². The molecular weight excluding hydrogens is 180 g/mol. The van der Waals surface area contributed by atoms with E-state index in [1.165, 1.54) is 25.7 Å². The fraction of sp³-hybridized carbons (Fsp3) is 0.800. The predicted octanol–water partition coefficient (Wildman–Crippen LogP) is 2.64. The molecule has 0 aliphatic heterocycles. The lowest BCUT2D eigenvalue weighted by molar-refractivity contribution is 0.276. The topological polar surface area (TPSA) is 18.5 Å². The molecule has 78 valence electrons. The van der Waals surface area contributed by atoms with Crippen LogP contribution in [0.15, 0.2) is 12.7 Å². The Morgan fingerprint density at radius 1 is 1.08 bits per heavy atom. The first-order valence-electron chi connectivity index (χ1n) is 5.01. The van der Waals surface area contributed by atoms with Crippen LogP contribution in [-0.4, -0.2) is 23.5 Å². The van der Waals surface area contributed by atoms with Crippen molar-refractivity contribution in [3.8, 4) is 0 Å². The van der Waals surface area contributed by atoms with E-state index in [1.54, 1.807) is 14.2 Å². The molecule has 0 N–H and O–H groups in total. The van der Waals surface area contributed by atoms with E-state index >= 15 is 0 Å². The van der Waals surface area contributed by atoms with Crippen LogP contribution in [0.4, 0.5) is 0 Å². The molecule has 0 spiro atoms. The Labute approximate surface area is 83.8 Å². The number of hydrogen-bond acceptors (Lipinski definition) is 2. The van der Waals surface area contributed by atoms with Gasteiger partial charge in [-0.2, -0.15) is 0 Å². The number of hydrogen-bond donors (Lipinski definition) is 0. The number of allylic oxidation sites excluding steroid dienone is 1. The van der Waals surface area contributed by atoms with E-state index in [-0.39, 0.29) is 0 Å². The van der Waals surface area contributed by atoms with Crippen LogP contribution in [0, 0.1) is 0 Å². The van der Waals surface area contributed by atoms with Crippen LogP contribution in [0.3, 0.4) is 0 Å². The fourth-order valence-electron chi connectivity index (χ4n) is 1.29. The molecule has 0 aliphatic rings. The maximum atomic E-state index is 5.23. The Morgan fingerprint density at radius 3 is 2.23 bits per heavy atom. The van der Waals surface area contributed by atoms with Crippen LogP contribution in [0.25, 0.3) is 0 Å². The Hall–Kier alpha value is -0.123. The maximum absolute atomic E-state index is 5.23. The normalized spacial score (nSPS) is 10.7. The first kappa shape index (κ1) is 12.9. The zero-order chi connectivity index (χ0) is 9.94. The van der Waals surface area contributed by atoms with Crippen LogP contribution in [0.2, 0.25) is 6.04 Å². The molecule has 0 aromatic heterocycles. The summed E-state index contributed by atoms with van der Waals surface area (Å²) in [5.74, 6) is 0. The van der Waals surface area contributed by atoms with Crippen molar-refractivity contribution in [2.75, 3.05) is 14.2 Å².